The van der Waals surface area contributed by atoms with Gasteiger partial charge in [0.05, 0.1) is 11.6 Å². The molecule has 1 aliphatic heterocycles. The number of benzene rings is 1. The fraction of sp³-hybridized carbons (Fsp3) is 0.455. The quantitative estimate of drug-likeness (QED) is 0.545. The number of nitrogens with one attached hydrogen (secondary N) is 1. The van der Waals surface area contributed by atoms with Crippen LogP contribution in [0.5, 0.6) is 0 Å². The van der Waals surface area contributed by atoms with Crippen molar-refractivity contribution in [3.63, 3.8) is 0 Å². The molecule has 5 rings (SSSR count). The number of anilines is 1. The number of fused-ring (bicyclic) bond motifs is 1. The summed E-state index contributed by atoms with van der Waals surface area (Å²) in [5.74, 6) is 1.15. The second-order valence-electron chi connectivity index (χ2n) is 8.99. The van der Waals surface area contributed by atoms with E-state index >= 15 is 0 Å². The Labute approximate surface area is 192 Å². The summed E-state index contributed by atoms with van der Waals surface area (Å²) in [6, 6.07) is 5.94. The van der Waals surface area contributed by atoms with Crippen LogP contribution in [-0.2, 0) is 16.6 Å². The molecule has 0 unspecified atom stereocenters. The molecule has 3 heterocycles. The summed E-state index contributed by atoms with van der Waals surface area (Å²) >= 11 is 6.38. The van der Waals surface area contributed by atoms with Gasteiger partial charge in [-0.05, 0) is 67.6 Å². The highest BCUT2D eigenvalue weighted by atomic mass is 35.5. The summed E-state index contributed by atoms with van der Waals surface area (Å²) < 4.78 is 27.8. The Kier molecular flexibility index (Phi) is 5.61. The van der Waals surface area contributed by atoms with Gasteiger partial charge < -0.3 is 15.2 Å². The zero-order valence-electron chi connectivity index (χ0n) is 18.0. The third-order valence-electron chi connectivity index (χ3n) is 6.52. The first-order chi connectivity index (χ1) is 15.3. The van der Waals surface area contributed by atoms with Crippen LogP contribution in [0.3, 0.4) is 0 Å². The molecule has 2 aromatic heterocycles. The van der Waals surface area contributed by atoms with E-state index in [4.69, 9.17) is 17.3 Å². The number of halogens is 1. The summed E-state index contributed by atoms with van der Waals surface area (Å²) in [4.78, 5) is 11.3. The molecule has 1 saturated carbocycles. The molecule has 170 valence electrons. The van der Waals surface area contributed by atoms with Crippen LogP contribution in [0.2, 0.25) is 5.02 Å². The second kappa shape index (κ2) is 8.30. The highest BCUT2D eigenvalue weighted by Crippen LogP contribution is 2.43. The first-order valence-corrected chi connectivity index (χ1v) is 13.1. The van der Waals surface area contributed by atoms with Gasteiger partial charge in [-0.2, -0.15) is 0 Å². The molecule has 0 bridgehead atoms. The Hall–Kier alpha value is -2.20. The largest absolute Gasteiger partial charge is 0.383 e. The van der Waals surface area contributed by atoms with E-state index in [0.717, 1.165) is 52.7 Å². The average molecular weight is 475 g/mol. The third-order valence-corrected chi connectivity index (χ3v) is 7.40. The minimum Gasteiger partial charge on any atom is -0.383 e. The van der Waals surface area contributed by atoms with Crippen molar-refractivity contribution >= 4 is 38.5 Å². The summed E-state index contributed by atoms with van der Waals surface area (Å²) in [6.07, 6.45) is 8.32. The zero-order valence-corrected chi connectivity index (χ0v) is 19.5. The Balaban J connectivity index is 1.47. The van der Waals surface area contributed by atoms with Gasteiger partial charge in [0.15, 0.2) is 0 Å². The monoisotopic (exact) mass is 474 g/mol. The van der Waals surface area contributed by atoms with E-state index < -0.39 is 10.0 Å². The lowest BCUT2D eigenvalue weighted by Crippen LogP contribution is -2.43. The number of nitrogens with two attached hydrogens (primary N) is 1. The van der Waals surface area contributed by atoms with Gasteiger partial charge in [0.25, 0.3) is 0 Å². The third kappa shape index (κ3) is 4.34. The Morgan fingerprint density at radius 3 is 2.69 bits per heavy atom. The van der Waals surface area contributed by atoms with Crippen LogP contribution in [0.4, 0.5) is 5.82 Å². The highest BCUT2D eigenvalue weighted by molar-refractivity contribution is 7.88. The molecule has 3 N–H and O–H groups in total. The lowest BCUT2D eigenvalue weighted by Gasteiger charge is -2.42. The van der Waals surface area contributed by atoms with Gasteiger partial charge in [-0.25, -0.2) is 23.1 Å². The van der Waals surface area contributed by atoms with Gasteiger partial charge in [0, 0.05) is 35.9 Å². The lowest BCUT2D eigenvalue weighted by atomic mass is 9.79. The number of nitrogen functional groups attached to an aromatic ring is 1. The number of nitrogens with zero attached hydrogens (tertiary/aromatic N) is 4. The Morgan fingerprint density at radius 2 is 2.00 bits per heavy atom. The van der Waals surface area contributed by atoms with Crippen molar-refractivity contribution in [1.82, 2.24) is 24.2 Å². The molecule has 10 heteroatoms. The topological polar surface area (TPSA) is 106 Å². The van der Waals surface area contributed by atoms with Crippen LogP contribution in [-0.4, -0.2) is 53.7 Å². The smallest absolute Gasteiger partial charge is 0.209 e. The fourth-order valence-electron chi connectivity index (χ4n) is 4.73. The maximum atomic E-state index is 11.5. The number of hydrogen-bond donors (Lipinski definition) is 2. The van der Waals surface area contributed by atoms with Crippen LogP contribution in [0, 0.1) is 5.92 Å². The maximum absolute atomic E-state index is 11.5. The molecular formula is C22H27ClN6O2S. The molecule has 3 aromatic rings. The van der Waals surface area contributed by atoms with Crippen molar-refractivity contribution in [2.45, 2.75) is 31.8 Å². The van der Waals surface area contributed by atoms with Crippen molar-refractivity contribution in [1.29, 1.82) is 0 Å². The van der Waals surface area contributed by atoms with Crippen LogP contribution in [0.25, 0.3) is 22.2 Å². The van der Waals surface area contributed by atoms with Gasteiger partial charge in [0.2, 0.25) is 10.0 Å². The molecule has 8 nitrogen and oxygen atoms in total. The molecule has 1 aromatic carbocycles. The second-order valence-corrected chi connectivity index (χ2v) is 11.3. The summed E-state index contributed by atoms with van der Waals surface area (Å²) in [5.41, 5.74) is 9.66. The van der Waals surface area contributed by atoms with Gasteiger partial charge in [-0.3, -0.25) is 0 Å². The van der Waals surface area contributed by atoms with Crippen molar-refractivity contribution < 1.29 is 8.42 Å². The van der Waals surface area contributed by atoms with E-state index in [9.17, 15) is 8.42 Å². The fourth-order valence-corrected chi connectivity index (χ4v) is 5.42. The molecule has 1 aliphatic carbocycles. The van der Waals surface area contributed by atoms with Crippen LogP contribution >= 0.6 is 11.6 Å². The van der Waals surface area contributed by atoms with E-state index in [1.807, 2.05) is 12.1 Å². The molecular weight excluding hydrogens is 448 g/mol. The van der Waals surface area contributed by atoms with Crippen molar-refractivity contribution in [2.75, 3.05) is 31.6 Å². The molecule has 0 spiro atoms. The molecule has 1 saturated heterocycles. The number of sulfonamides is 1. The normalized spacial score (nSPS) is 21.4. The zero-order chi connectivity index (χ0) is 22.5. The molecule has 32 heavy (non-hydrogen) atoms. The van der Waals surface area contributed by atoms with Crippen LogP contribution in [0.15, 0.2) is 30.7 Å². The van der Waals surface area contributed by atoms with Crippen molar-refractivity contribution in [3.8, 4) is 11.1 Å². The van der Waals surface area contributed by atoms with Gasteiger partial charge >= 0.3 is 0 Å². The van der Waals surface area contributed by atoms with E-state index in [1.54, 1.807) is 6.07 Å². The number of rotatable bonds is 7. The molecule has 0 amide bonds. The van der Waals surface area contributed by atoms with Crippen molar-refractivity contribution in [3.05, 3.63) is 41.3 Å². The lowest BCUT2D eigenvalue weighted by molar-refractivity contribution is 0.0921. The summed E-state index contributed by atoms with van der Waals surface area (Å²) in [7, 11) is -3.31. The van der Waals surface area contributed by atoms with E-state index in [2.05, 4.69) is 30.4 Å². The minimum atomic E-state index is -3.31. The number of hydrogen-bond acceptors (Lipinski definition) is 6. The van der Waals surface area contributed by atoms with Crippen LogP contribution in [0.1, 0.15) is 30.9 Å². The molecule has 0 radical (unpaired) electrons. The Bertz CT molecular complexity index is 1260. The first-order valence-electron chi connectivity index (χ1n) is 10.8. The van der Waals surface area contributed by atoms with E-state index in [0.29, 0.717) is 16.9 Å². The van der Waals surface area contributed by atoms with E-state index in [-0.39, 0.29) is 6.54 Å². The summed E-state index contributed by atoms with van der Waals surface area (Å²) in [5, 5.41) is 1.34. The van der Waals surface area contributed by atoms with E-state index in [1.165, 1.54) is 32.4 Å². The van der Waals surface area contributed by atoms with Gasteiger partial charge in [-0.1, -0.05) is 11.6 Å². The standard InChI is InChI=1S/C22H27ClN6O2S/c1-32(30,31)27-10-14-5-16(9-17(23)6-14)19-12-29(22-20(19)21(24)25-13-26-22)18-7-15(8-18)11-28-3-2-4-28/h5-6,9,12-13,15,18,27H,2-4,7-8,10-11H2,1H3,(H2,24,25,26). The average Bonchev–Trinajstić information content (AvgIpc) is 3.04. The Morgan fingerprint density at radius 1 is 1.22 bits per heavy atom. The van der Waals surface area contributed by atoms with Crippen molar-refractivity contribution in [2.24, 2.45) is 5.92 Å². The molecule has 2 aliphatic rings. The SMILES string of the molecule is CS(=O)(=O)NCc1cc(Cl)cc(-c2cn(C3CC(CN4CCC4)C3)c3ncnc(N)c23)c1. The molecule has 2 fully saturated rings. The van der Waals surface area contributed by atoms with Gasteiger partial charge in [0.1, 0.15) is 17.8 Å². The predicted molar refractivity (Wildman–Crippen MR) is 127 cm³/mol. The summed E-state index contributed by atoms with van der Waals surface area (Å²) in [6.45, 7) is 3.81. The number of aromatic nitrogens is 3. The highest BCUT2D eigenvalue weighted by Gasteiger charge is 2.34. The van der Waals surface area contributed by atoms with Gasteiger partial charge in [-0.15, -0.1) is 0 Å². The molecule has 0 atom stereocenters. The van der Waals surface area contributed by atoms with Crippen LogP contribution < -0.4 is 10.5 Å². The predicted octanol–water partition coefficient (Wildman–Crippen LogP) is 3.04. The number of likely N-dealkylation sites (tertiary alicyclic amines) is 1. The first kappa shape index (κ1) is 21.6. The minimum absolute atomic E-state index is 0.165. The maximum Gasteiger partial charge on any atom is 0.209 e.